The van der Waals surface area contributed by atoms with Crippen molar-refractivity contribution in [3.8, 4) is 18.2 Å². The average Bonchev–Trinajstić information content (AvgIpc) is 2.80. The quantitative estimate of drug-likeness (QED) is 0.553. The largest absolute Gasteiger partial charge is 0.480 e. The van der Waals surface area contributed by atoms with E-state index >= 15 is 0 Å². The molecule has 0 radical (unpaired) electrons. The SMILES string of the molecule is C#CCOc1cc(C)nn1C.CSC(C=O)CC(N)C(=O)O. The van der Waals surface area contributed by atoms with E-state index in [4.69, 9.17) is 22.0 Å². The molecule has 0 aliphatic heterocycles. The molecule has 122 valence electrons. The lowest BCUT2D eigenvalue weighted by atomic mass is 10.2. The minimum Gasteiger partial charge on any atom is -0.480 e. The Morgan fingerprint density at radius 1 is 1.73 bits per heavy atom. The summed E-state index contributed by atoms with van der Waals surface area (Å²) in [7, 11) is 1.82. The standard InChI is InChI=1S/C8H10N2O.C6H11NO3S/c1-4-5-11-8-6-7(2)9-10(8)3;1-11-4(3-8)2-5(7)6(9)10/h1,6H,5H2,2-3H3;3-5H,2,7H2,1H3,(H,9,10). The lowest BCUT2D eigenvalue weighted by Crippen LogP contribution is -2.33. The summed E-state index contributed by atoms with van der Waals surface area (Å²) >= 11 is 1.30. The predicted molar refractivity (Wildman–Crippen MR) is 85.9 cm³/mol. The highest BCUT2D eigenvalue weighted by atomic mass is 32.2. The Kier molecular flexibility index (Phi) is 9.74. The number of rotatable bonds is 7. The molecule has 2 atom stereocenters. The van der Waals surface area contributed by atoms with E-state index in [1.807, 2.05) is 20.0 Å². The number of aryl methyl sites for hydroxylation is 2. The third-order valence-electron chi connectivity index (χ3n) is 2.52. The van der Waals surface area contributed by atoms with Gasteiger partial charge in [0.2, 0.25) is 5.88 Å². The van der Waals surface area contributed by atoms with Crippen LogP contribution in [0.3, 0.4) is 0 Å². The topological polar surface area (TPSA) is 107 Å². The second kappa shape index (κ2) is 10.7. The van der Waals surface area contributed by atoms with Crippen molar-refractivity contribution in [2.24, 2.45) is 12.8 Å². The maximum Gasteiger partial charge on any atom is 0.320 e. The number of hydrogen-bond donors (Lipinski definition) is 2. The summed E-state index contributed by atoms with van der Waals surface area (Å²) in [5.41, 5.74) is 6.13. The molecule has 8 heteroatoms. The van der Waals surface area contributed by atoms with Crippen molar-refractivity contribution in [2.45, 2.75) is 24.6 Å². The van der Waals surface area contributed by atoms with Crippen molar-refractivity contribution in [3.63, 3.8) is 0 Å². The van der Waals surface area contributed by atoms with E-state index in [1.54, 1.807) is 10.9 Å². The molecule has 0 aliphatic rings. The molecule has 1 aromatic rings. The number of terminal acetylenes is 1. The fraction of sp³-hybridized carbons (Fsp3) is 0.500. The molecular weight excluding hydrogens is 306 g/mol. The van der Waals surface area contributed by atoms with E-state index in [1.165, 1.54) is 11.8 Å². The molecule has 0 saturated heterocycles. The van der Waals surface area contributed by atoms with Gasteiger partial charge in [-0.2, -0.15) is 16.9 Å². The van der Waals surface area contributed by atoms with Crippen LogP contribution in [0.15, 0.2) is 6.07 Å². The summed E-state index contributed by atoms with van der Waals surface area (Å²) in [5.74, 6) is 2.03. The molecule has 3 N–H and O–H groups in total. The molecule has 2 unspecified atom stereocenters. The molecule has 0 bridgehead atoms. The number of aromatic nitrogens is 2. The number of carbonyl (C=O) groups excluding carboxylic acids is 1. The number of hydrogen-bond acceptors (Lipinski definition) is 6. The van der Waals surface area contributed by atoms with Crippen molar-refractivity contribution in [3.05, 3.63) is 11.8 Å². The van der Waals surface area contributed by atoms with Gasteiger partial charge in [0.15, 0.2) is 6.61 Å². The van der Waals surface area contributed by atoms with Crippen molar-refractivity contribution in [2.75, 3.05) is 12.9 Å². The number of aldehydes is 1. The van der Waals surface area contributed by atoms with Gasteiger partial charge in [0.05, 0.1) is 10.9 Å². The molecule has 1 heterocycles. The highest BCUT2D eigenvalue weighted by Gasteiger charge is 2.16. The molecule has 0 amide bonds. The van der Waals surface area contributed by atoms with E-state index in [2.05, 4.69) is 11.0 Å². The van der Waals surface area contributed by atoms with Crippen LogP contribution in [-0.2, 0) is 16.6 Å². The normalized spacial score (nSPS) is 12.3. The van der Waals surface area contributed by atoms with E-state index < -0.39 is 12.0 Å². The molecule has 1 aromatic heterocycles. The molecule has 0 aliphatic carbocycles. The maximum absolute atomic E-state index is 10.2. The van der Waals surface area contributed by atoms with Crippen LogP contribution in [0.25, 0.3) is 0 Å². The van der Waals surface area contributed by atoms with E-state index in [0.717, 1.165) is 5.69 Å². The first-order valence-corrected chi connectivity index (χ1v) is 7.67. The lowest BCUT2D eigenvalue weighted by Gasteiger charge is -2.09. The van der Waals surface area contributed by atoms with Gasteiger partial charge in [0, 0.05) is 13.1 Å². The van der Waals surface area contributed by atoms with Crippen LogP contribution in [-0.4, -0.2) is 51.3 Å². The molecule has 22 heavy (non-hydrogen) atoms. The predicted octanol–water partition coefficient (Wildman–Crippen LogP) is 0.459. The summed E-state index contributed by atoms with van der Waals surface area (Å²) in [6.45, 7) is 2.20. The summed E-state index contributed by atoms with van der Waals surface area (Å²) < 4.78 is 6.83. The van der Waals surface area contributed by atoms with Gasteiger partial charge >= 0.3 is 5.97 Å². The summed E-state index contributed by atoms with van der Waals surface area (Å²) in [6.07, 6.45) is 7.68. The zero-order valence-corrected chi connectivity index (χ0v) is 13.7. The Morgan fingerprint density at radius 2 is 2.36 bits per heavy atom. The maximum atomic E-state index is 10.2. The van der Waals surface area contributed by atoms with E-state index in [0.29, 0.717) is 18.8 Å². The number of ether oxygens (including phenoxy) is 1. The average molecular weight is 327 g/mol. The smallest absolute Gasteiger partial charge is 0.320 e. The molecule has 7 nitrogen and oxygen atoms in total. The van der Waals surface area contributed by atoms with Gasteiger partial charge in [-0.25, -0.2) is 4.68 Å². The fourth-order valence-electron chi connectivity index (χ4n) is 1.40. The van der Waals surface area contributed by atoms with E-state index in [9.17, 15) is 9.59 Å². The Morgan fingerprint density at radius 3 is 2.73 bits per heavy atom. The van der Waals surface area contributed by atoms with Gasteiger partial charge in [0.1, 0.15) is 12.3 Å². The first-order chi connectivity index (χ1) is 10.3. The first-order valence-electron chi connectivity index (χ1n) is 6.39. The second-order valence-corrected chi connectivity index (χ2v) is 5.41. The second-order valence-electron chi connectivity index (χ2n) is 4.33. The number of nitrogens with zero attached hydrogens (tertiary/aromatic N) is 2. The van der Waals surface area contributed by atoms with Crippen molar-refractivity contribution in [1.82, 2.24) is 9.78 Å². The van der Waals surface area contributed by atoms with E-state index in [-0.39, 0.29) is 11.7 Å². The minimum absolute atomic E-state index is 0.194. The third kappa shape index (κ3) is 7.71. The number of carboxylic acid groups (broad SMARTS) is 1. The van der Waals surface area contributed by atoms with Gasteiger partial charge in [-0.05, 0) is 19.6 Å². The van der Waals surface area contributed by atoms with Crippen LogP contribution in [0.4, 0.5) is 0 Å². The number of nitrogens with two attached hydrogens (primary N) is 1. The zero-order valence-electron chi connectivity index (χ0n) is 12.9. The molecule has 0 aromatic carbocycles. The number of carboxylic acids is 1. The lowest BCUT2D eigenvalue weighted by molar-refractivity contribution is -0.138. The Bertz CT molecular complexity index is 525. The van der Waals surface area contributed by atoms with Gasteiger partial charge in [-0.3, -0.25) is 4.79 Å². The highest BCUT2D eigenvalue weighted by molar-refractivity contribution is 7.99. The van der Waals surface area contributed by atoms with Gasteiger partial charge in [-0.1, -0.05) is 5.92 Å². The molecular formula is C14H21N3O4S. The van der Waals surface area contributed by atoms with Gasteiger partial charge in [-0.15, -0.1) is 6.42 Å². The van der Waals surface area contributed by atoms with Crippen LogP contribution in [0.2, 0.25) is 0 Å². The third-order valence-corrected chi connectivity index (χ3v) is 3.43. The Hall–Kier alpha value is -1.98. The van der Waals surface area contributed by atoms with Gasteiger partial charge < -0.3 is 20.4 Å². The number of aliphatic carboxylic acids is 1. The molecule has 0 spiro atoms. The Labute approximate surface area is 134 Å². The Balaban J connectivity index is 0.000000401. The fourth-order valence-corrected chi connectivity index (χ4v) is 1.91. The molecule has 1 rings (SSSR count). The van der Waals surface area contributed by atoms with Crippen LogP contribution < -0.4 is 10.5 Å². The van der Waals surface area contributed by atoms with Crippen molar-refractivity contribution >= 4 is 24.0 Å². The minimum atomic E-state index is -1.06. The molecule has 0 fully saturated rings. The van der Waals surface area contributed by atoms with Crippen LogP contribution >= 0.6 is 11.8 Å². The number of thioether (sulfide) groups is 1. The van der Waals surface area contributed by atoms with Gasteiger partial charge in [0.25, 0.3) is 0 Å². The highest BCUT2D eigenvalue weighted by Crippen LogP contribution is 2.10. The summed E-state index contributed by atoms with van der Waals surface area (Å²) in [6, 6.07) is 0.912. The summed E-state index contributed by atoms with van der Waals surface area (Å²) in [5, 5.41) is 12.2. The van der Waals surface area contributed by atoms with Crippen LogP contribution in [0, 0.1) is 19.3 Å². The van der Waals surface area contributed by atoms with Crippen molar-refractivity contribution in [1.29, 1.82) is 0 Å². The molecule has 0 saturated carbocycles. The number of carbonyl (C=O) groups is 2. The zero-order chi connectivity index (χ0) is 17.1. The van der Waals surface area contributed by atoms with Crippen LogP contribution in [0.5, 0.6) is 5.88 Å². The monoisotopic (exact) mass is 327 g/mol. The van der Waals surface area contributed by atoms with Crippen molar-refractivity contribution < 1.29 is 19.4 Å². The summed E-state index contributed by atoms with van der Waals surface area (Å²) in [4.78, 5) is 20.4. The first kappa shape index (κ1) is 20.0. The van der Waals surface area contributed by atoms with Crippen LogP contribution in [0.1, 0.15) is 12.1 Å².